The van der Waals surface area contributed by atoms with Crippen molar-refractivity contribution in [1.29, 1.82) is 0 Å². The Hall–Kier alpha value is -2.02. The van der Waals surface area contributed by atoms with E-state index in [9.17, 15) is 0 Å². The molecular formula is C16H17N. The first kappa shape index (κ1) is 11.5. The third-order valence-electron chi connectivity index (χ3n) is 2.55. The molecule has 0 aromatic heterocycles. The van der Waals surface area contributed by atoms with Gasteiger partial charge in [0, 0.05) is 12.2 Å². The zero-order valence-corrected chi connectivity index (χ0v) is 10.1. The van der Waals surface area contributed by atoms with E-state index in [0.29, 0.717) is 0 Å². The molecular weight excluding hydrogens is 206 g/mol. The molecule has 0 unspecified atom stereocenters. The molecule has 0 aliphatic rings. The highest BCUT2D eigenvalue weighted by Gasteiger charge is 1.89. The van der Waals surface area contributed by atoms with Gasteiger partial charge in [-0.25, -0.2) is 0 Å². The van der Waals surface area contributed by atoms with Crippen LogP contribution in [0, 0.1) is 6.92 Å². The number of nitrogens with one attached hydrogen (secondary N) is 1. The van der Waals surface area contributed by atoms with Crippen LogP contribution in [0.25, 0.3) is 6.08 Å². The number of anilines is 1. The Balaban J connectivity index is 1.86. The molecule has 86 valence electrons. The highest BCUT2D eigenvalue weighted by atomic mass is 14.8. The van der Waals surface area contributed by atoms with Gasteiger partial charge in [0.2, 0.25) is 0 Å². The average molecular weight is 223 g/mol. The van der Waals surface area contributed by atoms with Gasteiger partial charge in [-0.3, -0.25) is 0 Å². The Kier molecular flexibility index (Phi) is 3.98. The van der Waals surface area contributed by atoms with E-state index in [0.717, 1.165) is 6.54 Å². The van der Waals surface area contributed by atoms with E-state index in [1.54, 1.807) is 0 Å². The first-order chi connectivity index (χ1) is 8.34. The highest BCUT2D eigenvalue weighted by Crippen LogP contribution is 2.09. The molecule has 0 amide bonds. The van der Waals surface area contributed by atoms with E-state index in [-0.39, 0.29) is 0 Å². The summed E-state index contributed by atoms with van der Waals surface area (Å²) in [7, 11) is 0. The molecule has 2 aromatic rings. The maximum atomic E-state index is 3.37. The fraction of sp³-hybridized carbons (Fsp3) is 0.125. The molecule has 2 rings (SSSR count). The van der Waals surface area contributed by atoms with Crippen LogP contribution < -0.4 is 5.32 Å². The van der Waals surface area contributed by atoms with Crippen LogP contribution in [0.4, 0.5) is 5.69 Å². The zero-order valence-electron chi connectivity index (χ0n) is 10.1. The minimum absolute atomic E-state index is 0.846. The van der Waals surface area contributed by atoms with E-state index in [1.165, 1.54) is 16.8 Å². The van der Waals surface area contributed by atoms with E-state index >= 15 is 0 Å². The quantitative estimate of drug-likeness (QED) is 0.822. The summed E-state index contributed by atoms with van der Waals surface area (Å²) in [5.74, 6) is 0. The molecule has 0 fully saturated rings. The number of aryl methyl sites for hydroxylation is 1. The molecule has 0 spiro atoms. The summed E-state index contributed by atoms with van der Waals surface area (Å²) in [6.45, 7) is 2.95. The van der Waals surface area contributed by atoms with Crippen molar-refractivity contribution in [3.05, 3.63) is 71.8 Å². The lowest BCUT2D eigenvalue weighted by Crippen LogP contribution is -1.97. The van der Waals surface area contributed by atoms with Crippen LogP contribution in [0.3, 0.4) is 0 Å². The fourth-order valence-corrected chi connectivity index (χ4v) is 1.69. The van der Waals surface area contributed by atoms with Crippen molar-refractivity contribution >= 4 is 11.8 Å². The van der Waals surface area contributed by atoms with Crippen molar-refractivity contribution < 1.29 is 0 Å². The van der Waals surface area contributed by atoms with Gasteiger partial charge in [0.25, 0.3) is 0 Å². The van der Waals surface area contributed by atoms with E-state index < -0.39 is 0 Å². The fourth-order valence-electron chi connectivity index (χ4n) is 1.69. The maximum Gasteiger partial charge on any atom is 0.0345 e. The summed E-state index contributed by atoms with van der Waals surface area (Å²) in [6.07, 6.45) is 4.26. The second kappa shape index (κ2) is 5.90. The monoisotopic (exact) mass is 223 g/mol. The van der Waals surface area contributed by atoms with Crippen LogP contribution in [-0.2, 0) is 0 Å². The average Bonchev–Trinajstić information content (AvgIpc) is 2.36. The normalized spacial score (nSPS) is 10.6. The Morgan fingerprint density at radius 1 is 1.00 bits per heavy atom. The Morgan fingerprint density at radius 2 is 1.82 bits per heavy atom. The first-order valence-electron chi connectivity index (χ1n) is 5.87. The topological polar surface area (TPSA) is 12.0 Å². The van der Waals surface area contributed by atoms with Crippen molar-refractivity contribution in [3.63, 3.8) is 0 Å². The molecule has 0 aliphatic carbocycles. The standard InChI is InChI=1S/C16H17N/c1-14-7-5-11-16(13-14)17-12-6-10-15-8-3-2-4-9-15/h2-11,13,17H,12H2,1H3/b10-6+. The summed E-state index contributed by atoms with van der Waals surface area (Å²) < 4.78 is 0. The molecule has 0 radical (unpaired) electrons. The summed E-state index contributed by atoms with van der Waals surface area (Å²) in [5, 5.41) is 3.37. The van der Waals surface area contributed by atoms with Gasteiger partial charge in [-0.2, -0.15) is 0 Å². The van der Waals surface area contributed by atoms with Gasteiger partial charge in [-0.05, 0) is 30.2 Å². The van der Waals surface area contributed by atoms with Crippen LogP contribution in [0.5, 0.6) is 0 Å². The van der Waals surface area contributed by atoms with Gasteiger partial charge in [0.05, 0.1) is 0 Å². The molecule has 0 saturated heterocycles. The number of rotatable bonds is 4. The largest absolute Gasteiger partial charge is 0.382 e. The predicted octanol–water partition coefficient (Wildman–Crippen LogP) is 4.12. The molecule has 0 bridgehead atoms. The molecule has 2 aromatic carbocycles. The van der Waals surface area contributed by atoms with Crippen molar-refractivity contribution in [3.8, 4) is 0 Å². The van der Waals surface area contributed by atoms with E-state index in [4.69, 9.17) is 0 Å². The minimum Gasteiger partial charge on any atom is -0.382 e. The number of hydrogen-bond acceptors (Lipinski definition) is 1. The van der Waals surface area contributed by atoms with Crippen molar-refractivity contribution in [2.24, 2.45) is 0 Å². The number of benzene rings is 2. The minimum atomic E-state index is 0.846. The van der Waals surface area contributed by atoms with Crippen molar-refractivity contribution in [2.45, 2.75) is 6.92 Å². The van der Waals surface area contributed by atoms with Gasteiger partial charge in [0.1, 0.15) is 0 Å². The molecule has 0 atom stereocenters. The van der Waals surface area contributed by atoms with Crippen LogP contribution in [0.2, 0.25) is 0 Å². The molecule has 1 N–H and O–H groups in total. The summed E-state index contributed by atoms with van der Waals surface area (Å²) in [5.41, 5.74) is 3.68. The van der Waals surface area contributed by atoms with Gasteiger partial charge in [0.15, 0.2) is 0 Å². The first-order valence-corrected chi connectivity index (χ1v) is 5.87. The van der Waals surface area contributed by atoms with Gasteiger partial charge in [-0.1, -0.05) is 54.6 Å². The SMILES string of the molecule is Cc1cccc(NC/C=C/c2ccccc2)c1. The lowest BCUT2D eigenvalue weighted by atomic mass is 10.2. The lowest BCUT2D eigenvalue weighted by Gasteiger charge is -2.03. The Labute approximate surface area is 103 Å². The van der Waals surface area contributed by atoms with E-state index in [2.05, 4.69) is 60.8 Å². The molecule has 1 nitrogen and oxygen atoms in total. The lowest BCUT2D eigenvalue weighted by molar-refractivity contribution is 1.33. The molecule has 0 heterocycles. The second-order valence-electron chi connectivity index (χ2n) is 4.06. The second-order valence-corrected chi connectivity index (χ2v) is 4.06. The predicted molar refractivity (Wildman–Crippen MR) is 75.1 cm³/mol. The summed E-state index contributed by atoms with van der Waals surface area (Å²) in [6, 6.07) is 18.7. The van der Waals surface area contributed by atoms with Crippen LogP contribution in [-0.4, -0.2) is 6.54 Å². The van der Waals surface area contributed by atoms with Crippen LogP contribution in [0.1, 0.15) is 11.1 Å². The van der Waals surface area contributed by atoms with Crippen LogP contribution in [0.15, 0.2) is 60.7 Å². The smallest absolute Gasteiger partial charge is 0.0345 e. The zero-order chi connectivity index (χ0) is 11.9. The van der Waals surface area contributed by atoms with Gasteiger partial charge >= 0.3 is 0 Å². The Bertz CT molecular complexity index is 486. The molecule has 17 heavy (non-hydrogen) atoms. The molecule has 0 saturated carbocycles. The maximum absolute atomic E-state index is 3.37. The summed E-state index contributed by atoms with van der Waals surface area (Å²) in [4.78, 5) is 0. The third-order valence-corrected chi connectivity index (χ3v) is 2.55. The molecule has 1 heteroatoms. The third kappa shape index (κ3) is 3.80. The van der Waals surface area contributed by atoms with Gasteiger partial charge < -0.3 is 5.32 Å². The summed E-state index contributed by atoms with van der Waals surface area (Å²) >= 11 is 0. The van der Waals surface area contributed by atoms with E-state index in [1.807, 2.05) is 18.2 Å². The highest BCUT2D eigenvalue weighted by molar-refractivity contribution is 5.51. The Morgan fingerprint density at radius 3 is 2.59 bits per heavy atom. The molecule has 0 aliphatic heterocycles. The van der Waals surface area contributed by atoms with Crippen LogP contribution >= 0.6 is 0 Å². The number of hydrogen-bond donors (Lipinski definition) is 1. The van der Waals surface area contributed by atoms with Crippen molar-refractivity contribution in [2.75, 3.05) is 11.9 Å². The van der Waals surface area contributed by atoms with Gasteiger partial charge in [-0.15, -0.1) is 0 Å². The van der Waals surface area contributed by atoms with Crippen molar-refractivity contribution in [1.82, 2.24) is 0 Å².